The molecule has 1 heterocycles. The first-order chi connectivity index (χ1) is 10.0. The lowest BCUT2D eigenvalue weighted by atomic mass is 9.86. The predicted octanol–water partition coefficient (Wildman–Crippen LogP) is 2.29. The standard InChI is InChI=1S/C15H18ClN3O2/c16-11-7-12-9(6-14(20)18-12)5-13(11)19-15(21)8-1-3-10(17)4-2-8/h5,7-8,10H,1-4,6,17H2,(H,18,20)(H,19,21). The lowest BCUT2D eigenvalue weighted by Gasteiger charge is -2.25. The van der Waals surface area contributed by atoms with Gasteiger partial charge in [-0.25, -0.2) is 0 Å². The number of fused-ring (bicyclic) bond motifs is 1. The van der Waals surface area contributed by atoms with Crippen molar-refractivity contribution in [3.05, 3.63) is 22.7 Å². The molecule has 1 aliphatic carbocycles. The number of rotatable bonds is 2. The Morgan fingerprint density at radius 3 is 2.71 bits per heavy atom. The smallest absolute Gasteiger partial charge is 0.228 e. The molecule has 0 bridgehead atoms. The van der Waals surface area contributed by atoms with E-state index in [1.54, 1.807) is 12.1 Å². The zero-order chi connectivity index (χ0) is 15.0. The molecule has 0 atom stereocenters. The highest BCUT2D eigenvalue weighted by Crippen LogP contribution is 2.33. The summed E-state index contributed by atoms with van der Waals surface area (Å²) in [4.78, 5) is 23.7. The van der Waals surface area contributed by atoms with E-state index in [-0.39, 0.29) is 23.8 Å². The van der Waals surface area contributed by atoms with Crippen LogP contribution in [-0.4, -0.2) is 17.9 Å². The third-order valence-electron chi connectivity index (χ3n) is 4.22. The molecule has 112 valence electrons. The largest absolute Gasteiger partial charge is 0.328 e. The van der Waals surface area contributed by atoms with Gasteiger partial charge in [-0.05, 0) is 43.4 Å². The Bertz CT molecular complexity index is 595. The Kier molecular flexibility index (Phi) is 3.87. The summed E-state index contributed by atoms with van der Waals surface area (Å²) in [7, 11) is 0. The van der Waals surface area contributed by atoms with Crippen molar-refractivity contribution in [2.24, 2.45) is 11.7 Å². The van der Waals surface area contributed by atoms with Crippen LogP contribution in [0.5, 0.6) is 0 Å². The topological polar surface area (TPSA) is 84.2 Å². The molecule has 1 aromatic rings. The summed E-state index contributed by atoms with van der Waals surface area (Å²) < 4.78 is 0. The van der Waals surface area contributed by atoms with Crippen LogP contribution in [0.25, 0.3) is 0 Å². The molecule has 2 amide bonds. The number of hydrogen-bond donors (Lipinski definition) is 3. The number of hydrogen-bond acceptors (Lipinski definition) is 3. The highest BCUT2D eigenvalue weighted by molar-refractivity contribution is 6.34. The molecule has 0 radical (unpaired) electrons. The maximum absolute atomic E-state index is 12.3. The first-order valence-electron chi connectivity index (χ1n) is 7.21. The molecule has 6 heteroatoms. The van der Waals surface area contributed by atoms with Gasteiger partial charge >= 0.3 is 0 Å². The summed E-state index contributed by atoms with van der Waals surface area (Å²) in [5.41, 5.74) is 8.03. The third kappa shape index (κ3) is 3.04. The Hall–Kier alpha value is -1.59. The summed E-state index contributed by atoms with van der Waals surface area (Å²) in [6.45, 7) is 0. The molecule has 1 fully saturated rings. The minimum absolute atomic E-state index is 0.00567. The van der Waals surface area contributed by atoms with Gasteiger partial charge in [-0.2, -0.15) is 0 Å². The molecule has 2 aliphatic rings. The predicted molar refractivity (Wildman–Crippen MR) is 82.3 cm³/mol. The van der Waals surface area contributed by atoms with Crippen molar-refractivity contribution in [1.82, 2.24) is 0 Å². The highest BCUT2D eigenvalue weighted by Gasteiger charge is 2.26. The third-order valence-corrected chi connectivity index (χ3v) is 4.53. The van der Waals surface area contributed by atoms with Crippen LogP contribution in [0.2, 0.25) is 5.02 Å². The SMILES string of the molecule is NC1CCC(C(=O)Nc2cc3c(cc2Cl)NC(=O)C3)CC1. The number of benzene rings is 1. The zero-order valence-electron chi connectivity index (χ0n) is 11.6. The van der Waals surface area contributed by atoms with E-state index in [9.17, 15) is 9.59 Å². The molecule has 0 aromatic heterocycles. The lowest BCUT2D eigenvalue weighted by molar-refractivity contribution is -0.120. The van der Waals surface area contributed by atoms with Gasteiger partial charge in [0, 0.05) is 17.6 Å². The van der Waals surface area contributed by atoms with Crippen LogP contribution in [0, 0.1) is 5.92 Å². The fourth-order valence-electron chi connectivity index (χ4n) is 2.96. The monoisotopic (exact) mass is 307 g/mol. The van der Waals surface area contributed by atoms with Gasteiger partial charge in [0.2, 0.25) is 11.8 Å². The fourth-order valence-corrected chi connectivity index (χ4v) is 3.17. The van der Waals surface area contributed by atoms with Gasteiger partial charge in [-0.15, -0.1) is 0 Å². The molecule has 5 nitrogen and oxygen atoms in total. The van der Waals surface area contributed by atoms with Crippen molar-refractivity contribution in [1.29, 1.82) is 0 Å². The summed E-state index contributed by atoms with van der Waals surface area (Å²) >= 11 is 6.18. The number of carbonyl (C=O) groups excluding carboxylic acids is 2. The van der Waals surface area contributed by atoms with E-state index in [1.807, 2.05) is 0 Å². The van der Waals surface area contributed by atoms with Gasteiger partial charge in [0.15, 0.2) is 0 Å². The van der Waals surface area contributed by atoms with E-state index in [1.165, 1.54) is 0 Å². The number of nitrogens with one attached hydrogen (secondary N) is 2. The van der Waals surface area contributed by atoms with Crippen molar-refractivity contribution in [3.63, 3.8) is 0 Å². The number of halogens is 1. The van der Waals surface area contributed by atoms with E-state index in [2.05, 4.69) is 10.6 Å². The Morgan fingerprint density at radius 1 is 1.29 bits per heavy atom. The van der Waals surface area contributed by atoms with Crippen LogP contribution in [-0.2, 0) is 16.0 Å². The van der Waals surface area contributed by atoms with Gasteiger partial charge < -0.3 is 16.4 Å². The summed E-state index contributed by atoms with van der Waals surface area (Å²) in [5.74, 6) is -0.0688. The molecule has 4 N–H and O–H groups in total. The maximum atomic E-state index is 12.3. The van der Waals surface area contributed by atoms with Gasteiger partial charge in [0.25, 0.3) is 0 Å². The van der Waals surface area contributed by atoms with E-state index >= 15 is 0 Å². The molecule has 21 heavy (non-hydrogen) atoms. The van der Waals surface area contributed by atoms with E-state index in [4.69, 9.17) is 17.3 Å². The highest BCUT2D eigenvalue weighted by atomic mass is 35.5. The van der Waals surface area contributed by atoms with Crippen molar-refractivity contribution >= 4 is 34.8 Å². The van der Waals surface area contributed by atoms with Gasteiger partial charge in [0.1, 0.15) is 0 Å². The second-order valence-corrected chi connectivity index (χ2v) is 6.22. The Labute approximate surface area is 128 Å². The second kappa shape index (κ2) is 5.66. The van der Waals surface area contributed by atoms with Crippen molar-refractivity contribution in [2.75, 3.05) is 10.6 Å². The Balaban J connectivity index is 1.72. The zero-order valence-corrected chi connectivity index (χ0v) is 12.4. The molecule has 0 spiro atoms. The van der Waals surface area contributed by atoms with Crippen molar-refractivity contribution in [3.8, 4) is 0 Å². The number of amides is 2. The number of anilines is 2. The minimum Gasteiger partial charge on any atom is -0.328 e. The molecule has 0 saturated heterocycles. The molecule has 3 rings (SSSR count). The van der Waals surface area contributed by atoms with Gasteiger partial charge in [-0.1, -0.05) is 11.6 Å². The van der Waals surface area contributed by atoms with Crippen LogP contribution in [0.1, 0.15) is 31.2 Å². The van der Waals surface area contributed by atoms with E-state index < -0.39 is 0 Å². The summed E-state index contributed by atoms with van der Waals surface area (Å²) in [6, 6.07) is 3.69. The van der Waals surface area contributed by atoms with E-state index in [0.717, 1.165) is 36.9 Å². The van der Waals surface area contributed by atoms with Crippen LogP contribution in [0.15, 0.2) is 12.1 Å². The summed E-state index contributed by atoms with van der Waals surface area (Å²) in [5, 5.41) is 6.07. The lowest BCUT2D eigenvalue weighted by Crippen LogP contribution is -2.32. The van der Waals surface area contributed by atoms with Crippen LogP contribution in [0.4, 0.5) is 11.4 Å². The second-order valence-electron chi connectivity index (χ2n) is 5.82. The average Bonchev–Trinajstić information content (AvgIpc) is 2.79. The minimum atomic E-state index is -0.0502. The molecule has 1 saturated carbocycles. The first kappa shape index (κ1) is 14.4. The first-order valence-corrected chi connectivity index (χ1v) is 7.59. The maximum Gasteiger partial charge on any atom is 0.228 e. The van der Waals surface area contributed by atoms with Crippen LogP contribution < -0.4 is 16.4 Å². The number of nitrogens with two attached hydrogens (primary N) is 1. The number of carbonyl (C=O) groups is 2. The average molecular weight is 308 g/mol. The molecular formula is C15H18ClN3O2. The summed E-state index contributed by atoms with van der Waals surface area (Å²) in [6.07, 6.45) is 3.72. The molecular weight excluding hydrogens is 290 g/mol. The molecule has 0 unspecified atom stereocenters. The molecule has 1 aliphatic heterocycles. The quantitative estimate of drug-likeness (QED) is 0.783. The van der Waals surface area contributed by atoms with Gasteiger partial charge in [0.05, 0.1) is 17.1 Å². The molecule has 1 aromatic carbocycles. The van der Waals surface area contributed by atoms with Gasteiger partial charge in [-0.3, -0.25) is 9.59 Å². The van der Waals surface area contributed by atoms with Crippen LogP contribution >= 0.6 is 11.6 Å². The fraction of sp³-hybridized carbons (Fsp3) is 0.467. The Morgan fingerprint density at radius 2 is 2.00 bits per heavy atom. The van der Waals surface area contributed by atoms with Crippen LogP contribution in [0.3, 0.4) is 0 Å². The van der Waals surface area contributed by atoms with Crippen molar-refractivity contribution < 1.29 is 9.59 Å². The normalized spacial score (nSPS) is 24.4. The van der Waals surface area contributed by atoms with E-state index in [0.29, 0.717) is 17.1 Å². The van der Waals surface area contributed by atoms with Crippen molar-refractivity contribution in [2.45, 2.75) is 38.1 Å².